The number of amides is 1. The van der Waals surface area contributed by atoms with Crippen LogP contribution >= 0.6 is 0 Å². The smallest absolute Gasteiger partial charge is 0.255 e. The van der Waals surface area contributed by atoms with Crippen LogP contribution in [0.1, 0.15) is 35.0 Å². The van der Waals surface area contributed by atoms with Crippen LogP contribution in [0.25, 0.3) is 10.9 Å². The molecule has 0 bridgehead atoms. The number of benzene rings is 2. The van der Waals surface area contributed by atoms with Crippen LogP contribution in [0.4, 0.5) is 14.5 Å². The van der Waals surface area contributed by atoms with E-state index in [-0.39, 0.29) is 5.56 Å². The zero-order valence-electron chi connectivity index (χ0n) is 15.0. The highest BCUT2D eigenvalue weighted by molar-refractivity contribution is 6.05. The summed E-state index contributed by atoms with van der Waals surface area (Å²) in [6.07, 6.45) is 3.03. The molecule has 1 aliphatic carbocycles. The van der Waals surface area contributed by atoms with Gasteiger partial charge < -0.3 is 15.6 Å². The summed E-state index contributed by atoms with van der Waals surface area (Å²) in [6, 6.07) is 8.89. The Kier molecular flexibility index (Phi) is 4.66. The Morgan fingerprint density at radius 3 is 2.70 bits per heavy atom. The second-order valence-corrected chi connectivity index (χ2v) is 6.95. The number of fused-ring (bicyclic) bond motifs is 3. The predicted molar refractivity (Wildman–Crippen MR) is 102 cm³/mol. The van der Waals surface area contributed by atoms with Crippen molar-refractivity contribution in [2.75, 3.05) is 11.9 Å². The second kappa shape index (κ2) is 7.12. The predicted octanol–water partition coefficient (Wildman–Crippen LogP) is 4.17. The molecule has 6 heteroatoms. The molecule has 0 saturated carbocycles. The molecule has 0 radical (unpaired) electrons. The average molecular weight is 369 g/mol. The van der Waals surface area contributed by atoms with E-state index in [0.29, 0.717) is 11.7 Å². The van der Waals surface area contributed by atoms with Gasteiger partial charge in [0.25, 0.3) is 5.91 Å². The minimum atomic E-state index is -0.773. The Hall–Kier alpha value is -2.73. The van der Waals surface area contributed by atoms with Gasteiger partial charge in [-0.3, -0.25) is 4.79 Å². The van der Waals surface area contributed by atoms with E-state index in [9.17, 15) is 13.6 Å². The van der Waals surface area contributed by atoms with Crippen LogP contribution in [-0.2, 0) is 12.8 Å². The molecular weight excluding hydrogens is 348 g/mol. The number of aromatic nitrogens is 1. The average Bonchev–Trinajstić information content (AvgIpc) is 2.99. The third-order valence-corrected chi connectivity index (χ3v) is 5.06. The number of nitrogens with one attached hydrogen (secondary N) is 3. The van der Waals surface area contributed by atoms with Gasteiger partial charge in [-0.1, -0.05) is 6.92 Å². The number of carbonyl (C=O) groups excluding carboxylic acids is 1. The molecule has 1 unspecified atom stereocenters. The highest BCUT2D eigenvalue weighted by atomic mass is 19.1. The molecule has 1 amide bonds. The fourth-order valence-corrected chi connectivity index (χ4v) is 3.85. The molecule has 0 fully saturated rings. The fraction of sp³-hybridized carbons (Fsp3) is 0.286. The van der Waals surface area contributed by atoms with Crippen molar-refractivity contribution in [1.82, 2.24) is 10.3 Å². The van der Waals surface area contributed by atoms with Crippen molar-refractivity contribution in [3.05, 3.63) is 64.9 Å². The van der Waals surface area contributed by atoms with E-state index in [1.54, 1.807) is 6.07 Å². The summed E-state index contributed by atoms with van der Waals surface area (Å²) in [5.74, 6) is -2.09. The Balaban J connectivity index is 1.61. The van der Waals surface area contributed by atoms with Gasteiger partial charge in [0, 0.05) is 40.0 Å². The van der Waals surface area contributed by atoms with Crippen LogP contribution in [0, 0.1) is 11.6 Å². The summed E-state index contributed by atoms with van der Waals surface area (Å²) in [5.41, 5.74) is 4.11. The maximum Gasteiger partial charge on any atom is 0.255 e. The van der Waals surface area contributed by atoms with Crippen LogP contribution in [-0.4, -0.2) is 23.5 Å². The minimum absolute atomic E-state index is 0.0455. The van der Waals surface area contributed by atoms with E-state index in [1.807, 2.05) is 12.1 Å². The van der Waals surface area contributed by atoms with Crippen LogP contribution < -0.4 is 10.6 Å². The van der Waals surface area contributed by atoms with Gasteiger partial charge in [0.15, 0.2) is 0 Å². The van der Waals surface area contributed by atoms with Crippen molar-refractivity contribution < 1.29 is 13.6 Å². The van der Waals surface area contributed by atoms with Gasteiger partial charge in [-0.05, 0) is 61.7 Å². The maximum atomic E-state index is 13.4. The minimum Gasteiger partial charge on any atom is -0.358 e. The van der Waals surface area contributed by atoms with Crippen molar-refractivity contribution in [2.45, 2.75) is 32.2 Å². The first kappa shape index (κ1) is 17.7. The molecular formula is C21H21F2N3O. The number of hydrogen-bond acceptors (Lipinski definition) is 2. The van der Waals surface area contributed by atoms with Gasteiger partial charge in [-0.15, -0.1) is 0 Å². The Morgan fingerprint density at radius 1 is 1.19 bits per heavy atom. The molecule has 1 heterocycles. The number of H-pyrrole nitrogens is 1. The topological polar surface area (TPSA) is 56.9 Å². The molecule has 1 aromatic heterocycles. The van der Waals surface area contributed by atoms with Gasteiger partial charge in [-0.2, -0.15) is 0 Å². The fourth-order valence-electron chi connectivity index (χ4n) is 3.85. The van der Waals surface area contributed by atoms with E-state index >= 15 is 0 Å². The molecule has 2 aromatic carbocycles. The number of anilines is 1. The Morgan fingerprint density at radius 2 is 1.96 bits per heavy atom. The molecule has 4 rings (SSSR count). The normalized spacial score (nSPS) is 16.3. The largest absolute Gasteiger partial charge is 0.358 e. The molecule has 3 N–H and O–H groups in total. The highest BCUT2D eigenvalue weighted by Gasteiger charge is 2.22. The van der Waals surface area contributed by atoms with Gasteiger partial charge in [0.05, 0.1) is 0 Å². The molecule has 4 nitrogen and oxygen atoms in total. The second-order valence-electron chi connectivity index (χ2n) is 6.95. The van der Waals surface area contributed by atoms with Gasteiger partial charge in [0.2, 0.25) is 0 Å². The number of carbonyl (C=O) groups is 1. The lowest BCUT2D eigenvalue weighted by atomic mass is 9.91. The zero-order valence-corrected chi connectivity index (χ0v) is 15.0. The third-order valence-electron chi connectivity index (χ3n) is 5.06. The van der Waals surface area contributed by atoms with Gasteiger partial charge in [0.1, 0.15) is 11.6 Å². The lowest BCUT2D eigenvalue weighted by Crippen LogP contribution is -2.34. The summed E-state index contributed by atoms with van der Waals surface area (Å²) in [6.45, 7) is 3.04. The first-order valence-corrected chi connectivity index (χ1v) is 9.18. The summed E-state index contributed by atoms with van der Waals surface area (Å²) < 4.78 is 26.7. The monoisotopic (exact) mass is 369 g/mol. The van der Waals surface area contributed by atoms with Gasteiger partial charge in [-0.25, -0.2) is 8.78 Å². The van der Waals surface area contributed by atoms with Crippen molar-refractivity contribution in [3.8, 4) is 0 Å². The molecule has 1 aliphatic rings. The molecule has 0 aliphatic heterocycles. The molecule has 0 saturated heterocycles. The molecule has 27 heavy (non-hydrogen) atoms. The summed E-state index contributed by atoms with van der Waals surface area (Å²) in [7, 11) is 0. The highest BCUT2D eigenvalue weighted by Crippen LogP contribution is 2.31. The number of halogens is 2. The molecule has 0 spiro atoms. The van der Waals surface area contributed by atoms with E-state index in [1.165, 1.54) is 11.3 Å². The van der Waals surface area contributed by atoms with Gasteiger partial charge >= 0.3 is 0 Å². The standard InChI is InChI=1S/C21H21F2N3O/c1-2-24-15-3-5-19-17(10-15)18-11-16(4-6-20(18)26-19)25-21(27)12-7-13(22)9-14(23)8-12/h4,6-9,11,15,24,26H,2-3,5,10H2,1H3,(H,25,27). The lowest BCUT2D eigenvalue weighted by molar-refractivity contribution is 0.102. The van der Waals surface area contributed by atoms with E-state index in [0.717, 1.165) is 54.9 Å². The van der Waals surface area contributed by atoms with Crippen molar-refractivity contribution in [3.63, 3.8) is 0 Å². The van der Waals surface area contributed by atoms with Crippen LogP contribution in [0.5, 0.6) is 0 Å². The lowest BCUT2D eigenvalue weighted by Gasteiger charge is -2.23. The van der Waals surface area contributed by atoms with Crippen molar-refractivity contribution in [2.24, 2.45) is 0 Å². The van der Waals surface area contributed by atoms with Crippen molar-refractivity contribution >= 4 is 22.5 Å². The maximum absolute atomic E-state index is 13.4. The summed E-state index contributed by atoms with van der Waals surface area (Å²) in [5, 5.41) is 7.32. The van der Waals surface area contributed by atoms with Crippen LogP contribution in [0.2, 0.25) is 0 Å². The summed E-state index contributed by atoms with van der Waals surface area (Å²) >= 11 is 0. The zero-order chi connectivity index (χ0) is 19.0. The SMILES string of the molecule is CCNC1CCc2[nH]c3ccc(NC(=O)c4cc(F)cc(F)c4)cc3c2C1. The third kappa shape index (κ3) is 3.57. The first-order valence-electron chi connectivity index (χ1n) is 9.18. The number of hydrogen-bond donors (Lipinski definition) is 3. The molecule has 3 aromatic rings. The molecule has 140 valence electrons. The Bertz CT molecular complexity index is 992. The molecule has 1 atom stereocenters. The van der Waals surface area contributed by atoms with E-state index in [2.05, 4.69) is 22.5 Å². The van der Waals surface area contributed by atoms with Crippen LogP contribution in [0.15, 0.2) is 36.4 Å². The Labute approximate surface area is 156 Å². The number of aromatic amines is 1. The quantitative estimate of drug-likeness (QED) is 0.647. The number of aryl methyl sites for hydroxylation is 1. The van der Waals surface area contributed by atoms with Crippen molar-refractivity contribution in [1.29, 1.82) is 0 Å². The number of likely N-dealkylation sites (N-methyl/N-ethyl adjacent to an activating group) is 1. The van der Waals surface area contributed by atoms with E-state index in [4.69, 9.17) is 0 Å². The number of rotatable bonds is 4. The van der Waals surface area contributed by atoms with Crippen LogP contribution in [0.3, 0.4) is 0 Å². The van der Waals surface area contributed by atoms with E-state index < -0.39 is 17.5 Å². The first-order chi connectivity index (χ1) is 13.0. The summed E-state index contributed by atoms with van der Waals surface area (Å²) in [4.78, 5) is 15.8.